The van der Waals surface area contributed by atoms with Gasteiger partial charge in [0.2, 0.25) is 5.91 Å². The summed E-state index contributed by atoms with van der Waals surface area (Å²) < 4.78 is 29.5. The number of esters is 3. The molecule has 0 saturated carbocycles. The van der Waals surface area contributed by atoms with Crippen LogP contribution in [0.1, 0.15) is 81.5 Å². The van der Waals surface area contributed by atoms with Crippen LogP contribution in [-0.2, 0) is 63.3 Å². The van der Waals surface area contributed by atoms with Crippen LogP contribution in [0.25, 0.3) is 22.3 Å². The van der Waals surface area contributed by atoms with Crippen molar-refractivity contribution in [2.24, 2.45) is 5.41 Å². The van der Waals surface area contributed by atoms with Gasteiger partial charge in [-0.25, -0.2) is 24.2 Å². The first kappa shape index (κ1) is 55.4. The summed E-state index contributed by atoms with van der Waals surface area (Å²) >= 11 is 0. The number of likely N-dealkylation sites (N-methyl/N-ethyl adjacent to an activating group) is 2. The van der Waals surface area contributed by atoms with Gasteiger partial charge >= 0.3 is 30.1 Å². The van der Waals surface area contributed by atoms with Gasteiger partial charge in [-0.05, 0) is 86.5 Å². The molecule has 0 fully saturated rings. The Morgan fingerprint density at radius 1 is 0.931 bits per heavy atom. The Kier molecular flexibility index (Phi) is 17.3. The highest BCUT2D eigenvalue weighted by atomic mass is 28.3. The fraction of sp³-hybridized carbons (Fsp3) is 0.577. The first-order chi connectivity index (χ1) is 33.8. The van der Waals surface area contributed by atoms with E-state index in [0.717, 1.165) is 28.6 Å². The number of cyclic esters (lactones) is 1. The van der Waals surface area contributed by atoms with E-state index < -0.39 is 75.3 Å². The van der Waals surface area contributed by atoms with Crippen LogP contribution in [0.3, 0.4) is 0 Å². The molecule has 3 aromatic rings. The van der Waals surface area contributed by atoms with Crippen LogP contribution in [0.2, 0.25) is 51.4 Å². The zero-order valence-corrected chi connectivity index (χ0v) is 45.9. The van der Waals surface area contributed by atoms with E-state index in [1.165, 1.54) is 9.80 Å². The number of nitrogens with zero attached hydrogens (tertiary/aromatic N) is 4. The van der Waals surface area contributed by atoms with E-state index >= 15 is 0 Å². The number of carbonyl (C=O) groups is 6. The molecule has 0 unspecified atom stereocenters. The average Bonchev–Trinajstić information content (AvgIpc) is 3.68. The Morgan fingerprint density at radius 3 is 2.25 bits per heavy atom. The number of aromatic nitrogens is 2. The second-order valence-corrected chi connectivity index (χ2v) is 33.2. The van der Waals surface area contributed by atoms with E-state index in [-0.39, 0.29) is 74.7 Å². The van der Waals surface area contributed by atoms with Crippen LogP contribution >= 0.6 is 0 Å². The van der Waals surface area contributed by atoms with E-state index in [9.17, 15) is 38.7 Å². The standard InChI is InChI=1S/C52H73N5O13Si2/c1-12-35-36-28-34(17-18-40(36)53-44-37(35)31-57-42(44)29-39-38(45(57)59)32-68-48(62)52(39,65)13-2)70-50(64)56(5)23-22-55(4)49(63)69-33-16-14-15-20-51(3,21-19-33)47(61)54-41(46(60)67-25-27-72(9,10)11)30-43(58)66-24-26-71(6,7)8/h14,16-18,28-29,33,41,65H,12-13,15,19-27,30-32H2,1-11H3,(H,54,61)/b16-14-/t33-,41-,51+,52-/m0/s1. The van der Waals surface area contributed by atoms with E-state index in [1.807, 2.05) is 13.0 Å². The summed E-state index contributed by atoms with van der Waals surface area (Å²) in [4.78, 5) is 101. The number of carbonyl (C=O) groups excluding carboxylic acids is 6. The van der Waals surface area contributed by atoms with E-state index in [4.69, 9.17) is 28.7 Å². The Morgan fingerprint density at radius 2 is 1.60 bits per heavy atom. The van der Waals surface area contributed by atoms with Gasteiger partial charge in [0.15, 0.2) is 5.60 Å². The van der Waals surface area contributed by atoms with E-state index in [1.54, 1.807) is 62.9 Å². The molecule has 0 bridgehead atoms. The van der Waals surface area contributed by atoms with Crippen LogP contribution in [0.4, 0.5) is 9.59 Å². The predicted octanol–water partition coefficient (Wildman–Crippen LogP) is 7.28. The lowest BCUT2D eigenvalue weighted by Crippen LogP contribution is -2.49. The number of hydrogen-bond acceptors (Lipinski definition) is 14. The minimum Gasteiger partial charge on any atom is -0.466 e. The first-order valence-electron chi connectivity index (χ1n) is 25.0. The number of amides is 3. The Bertz CT molecular complexity index is 2680. The third kappa shape index (κ3) is 13.0. The normalized spacial score (nSPS) is 20.3. The van der Waals surface area contributed by atoms with Gasteiger partial charge in [0.25, 0.3) is 5.56 Å². The van der Waals surface area contributed by atoms with Crippen molar-refractivity contribution in [3.63, 3.8) is 0 Å². The van der Waals surface area contributed by atoms with Crippen molar-refractivity contribution in [3.8, 4) is 17.1 Å². The molecule has 4 atom stereocenters. The smallest absolute Gasteiger partial charge is 0.415 e. The Hall–Kier alpha value is -5.87. The molecular weight excluding hydrogens is 959 g/mol. The van der Waals surface area contributed by atoms with Crippen molar-refractivity contribution in [2.75, 3.05) is 40.4 Å². The van der Waals surface area contributed by atoms with Crippen molar-refractivity contribution in [1.29, 1.82) is 0 Å². The van der Waals surface area contributed by atoms with Crippen LogP contribution in [0.5, 0.6) is 5.75 Å². The quantitative estimate of drug-likeness (QED) is 0.0433. The molecule has 0 radical (unpaired) electrons. The van der Waals surface area contributed by atoms with Crippen LogP contribution in [-0.4, -0.2) is 129 Å². The minimum absolute atomic E-state index is 0.0366. The third-order valence-electron chi connectivity index (χ3n) is 13.9. The van der Waals surface area contributed by atoms with Gasteiger partial charge in [0.05, 0.1) is 48.6 Å². The van der Waals surface area contributed by atoms with Crippen LogP contribution in [0.15, 0.2) is 41.2 Å². The maximum Gasteiger partial charge on any atom is 0.415 e. The monoisotopic (exact) mass is 1030 g/mol. The molecule has 20 heteroatoms. The van der Waals surface area contributed by atoms with Crippen molar-refractivity contribution >= 4 is 63.1 Å². The summed E-state index contributed by atoms with van der Waals surface area (Å²) in [7, 11) is 0.116. The van der Waals surface area contributed by atoms with Gasteiger partial charge in [-0.2, -0.15) is 0 Å². The molecule has 392 valence electrons. The largest absolute Gasteiger partial charge is 0.466 e. The number of benzene rings is 1. The maximum absolute atomic E-state index is 14.0. The second kappa shape index (κ2) is 22.5. The zero-order chi connectivity index (χ0) is 52.9. The summed E-state index contributed by atoms with van der Waals surface area (Å²) in [6.07, 6.45) is 3.59. The molecule has 0 spiro atoms. The lowest BCUT2D eigenvalue weighted by atomic mass is 9.77. The van der Waals surface area contributed by atoms with Crippen LogP contribution < -0.4 is 15.6 Å². The van der Waals surface area contributed by atoms with Crippen LogP contribution in [0, 0.1) is 5.41 Å². The predicted molar refractivity (Wildman–Crippen MR) is 276 cm³/mol. The molecule has 3 aliphatic rings. The van der Waals surface area contributed by atoms with Gasteiger partial charge in [-0.3, -0.25) is 14.4 Å². The number of pyridine rings is 2. The van der Waals surface area contributed by atoms with Crippen molar-refractivity contribution in [3.05, 3.63) is 69.0 Å². The number of rotatable bonds is 18. The summed E-state index contributed by atoms with van der Waals surface area (Å²) in [6, 6.07) is 7.07. The van der Waals surface area contributed by atoms with Crippen molar-refractivity contribution < 1.29 is 57.6 Å². The highest BCUT2D eigenvalue weighted by Gasteiger charge is 2.46. The van der Waals surface area contributed by atoms with Gasteiger partial charge in [0.1, 0.15) is 24.5 Å². The number of nitrogens with one attached hydrogen (secondary N) is 1. The van der Waals surface area contributed by atoms with Crippen molar-refractivity contribution in [1.82, 2.24) is 24.7 Å². The highest BCUT2D eigenvalue weighted by molar-refractivity contribution is 6.76. The fourth-order valence-electron chi connectivity index (χ4n) is 8.93. The van der Waals surface area contributed by atoms with E-state index in [0.29, 0.717) is 49.0 Å². The first-order valence-corrected chi connectivity index (χ1v) is 32.5. The number of ether oxygens (including phenoxy) is 5. The average molecular weight is 1030 g/mol. The molecule has 1 aliphatic carbocycles. The Balaban J connectivity index is 1.03. The van der Waals surface area contributed by atoms with Gasteiger partial charge in [-0.15, -0.1) is 0 Å². The molecule has 4 heterocycles. The topological polar surface area (TPSA) is 222 Å². The molecule has 2 aromatic heterocycles. The number of fused-ring (bicyclic) bond motifs is 5. The summed E-state index contributed by atoms with van der Waals surface area (Å²) in [5, 5.41) is 14.8. The number of aliphatic hydroxyl groups is 1. The highest BCUT2D eigenvalue weighted by Crippen LogP contribution is 2.41. The SMILES string of the molecule is CCc1c2c(nc3ccc(OC(=O)N(C)CCN(C)C(=O)O[C@H]4/C=C\CC[C@@](C)(C(=O)N[C@@H](CC(=O)OCC[Si](C)(C)C)C(=O)OCC[Si](C)(C)C)CC4)cc13)-c1cc3c(c(=O)n1C2)COC(=O)[C@]3(O)CC. The molecule has 0 saturated heterocycles. The number of aryl methyl sites for hydroxylation is 1. The van der Waals surface area contributed by atoms with Gasteiger partial charge in [0, 0.05) is 65.3 Å². The molecule has 18 nitrogen and oxygen atoms in total. The van der Waals surface area contributed by atoms with E-state index in [2.05, 4.69) is 44.6 Å². The molecule has 6 rings (SSSR count). The third-order valence-corrected chi connectivity index (χ3v) is 17.3. The molecule has 2 N–H and O–H groups in total. The minimum atomic E-state index is -1.94. The molecule has 3 amide bonds. The molecule has 72 heavy (non-hydrogen) atoms. The molecule has 2 aliphatic heterocycles. The zero-order valence-electron chi connectivity index (χ0n) is 43.9. The second-order valence-electron chi connectivity index (χ2n) is 22.0. The van der Waals surface area contributed by atoms with Gasteiger partial charge in [-0.1, -0.05) is 66.1 Å². The van der Waals surface area contributed by atoms with Crippen molar-refractivity contribution in [2.45, 2.75) is 148 Å². The maximum atomic E-state index is 14.0. The van der Waals surface area contributed by atoms with Gasteiger partial charge < -0.3 is 48.5 Å². The fourth-order valence-corrected chi connectivity index (χ4v) is 10.4. The number of allylic oxidation sites excluding steroid dienone is 1. The molecule has 1 aromatic carbocycles. The number of hydrogen-bond donors (Lipinski definition) is 2. The lowest BCUT2D eigenvalue weighted by molar-refractivity contribution is -0.172. The summed E-state index contributed by atoms with van der Waals surface area (Å²) in [5.74, 6) is -2.18. The summed E-state index contributed by atoms with van der Waals surface area (Å²) in [5.41, 5.74) is 0.651. The Labute approximate surface area is 423 Å². The summed E-state index contributed by atoms with van der Waals surface area (Å²) in [6.45, 7) is 19.1. The molecular formula is C52H73N5O13Si2. The lowest BCUT2D eigenvalue weighted by Gasteiger charge is -2.32.